The van der Waals surface area contributed by atoms with Crippen molar-refractivity contribution in [3.8, 4) is 0 Å². The highest BCUT2D eigenvalue weighted by Gasteiger charge is 2.10. The van der Waals surface area contributed by atoms with E-state index in [1.807, 2.05) is 45.2 Å². The summed E-state index contributed by atoms with van der Waals surface area (Å²) in [6, 6.07) is 7.78. The number of hydrogen-bond donors (Lipinski definition) is 0. The minimum absolute atomic E-state index is 0.114. The van der Waals surface area contributed by atoms with E-state index >= 15 is 0 Å². The Labute approximate surface area is 107 Å². The largest absolute Gasteiger partial charge is 0.374 e. The lowest BCUT2D eigenvalue weighted by atomic mass is 10.2. The van der Waals surface area contributed by atoms with Crippen LogP contribution in [0, 0.1) is 0 Å². The van der Waals surface area contributed by atoms with Gasteiger partial charge in [-0.3, -0.25) is 4.79 Å². The minimum Gasteiger partial charge on any atom is -0.374 e. The van der Waals surface area contributed by atoms with Gasteiger partial charge in [0.1, 0.15) is 6.29 Å². The summed E-state index contributed by atoms with van der Waals surface area (Å²) in [6.07, 6.45) is 2.91. The molecule has 0 N–H and O–H groups in total. The first-order chi connectivity index (χ1) is 8.49. The van der Waals surface area contributed by atoms with Gasteiger partial charge in [0.25, 0.3) is 0 Å². The van der Waals surface area contributed by atoms with Crippen LogP contribution >= 0.6 is 0 Å². The molecule has 3 heteroatoms. The Kier molecular flexibility index (Phi) is 3.53. The number of hydrogen-bond acceptors (Lipinski definition) is 2. The summed E-state index contributed by atoms with van der Waals surface area (Å²) < 4.78 is 7.84. The van der Waals surface area contributed by atoms with Crippen LogP contribution in [0.25, 0.3) is 10.9 Å². The number of nitrogens with zero attached hydrogens (tertiary/aromatic N) is 1. The van der Waals surface area contributed by atoms with Gasteiger partial charge in [-0.05, 0) is 38.3 Å². The Morgan fingerprint density at radius 1 is 1.28 bits per heavy atom. The molecule has 2 aromatic rings. The molecule has 0 saturated heterocycles. The molecule has 0 aliphatic rings. The molecule has 0 unspecified atom stereocenters. The predicted octanol–water partition coefficient (Wildman–Crippen LogP) is 3.27. The quantitative estimate of drug-likeness (QED) is 0.774. The molecule has 1 aromatic heterocycles. The maximum Gasteiger partial charge on any atom is 0.150 e. The second-order valence-electron chi connectivity index (χ2n) is 5.41. The molecule has 1 heterocycles. The van der Waals surface area contributed by atoms with Crippen LogP contribution in [0.5, 0.6) is 0 Å². The normalized spacial score (nSPS) is 11.9. The standard InChI is InChI=1S/C15H19NO2/c1-15(2,3)18-9-8-16-7-6-13-5-4-12(11-17)10-14(13)16/h4-7,10-11H,8-9H2,1-3H3. The average Bonchev–Trinajstić information content (AvgIpc) is 2.70. The summed E-state index contributed by atoms with van der Waals surface area (Å²) >= 11 is 0. The first-order valence-electron chi connectivity index (χ1n) is 6.18. The van der Waals surface area contributed by atoms with Crippen molar-refractivity contribution in [3.63, 3.8) is 0 Å². The molecule has 1 aromatic carbocycles. The Morgan fingerprint density at radius 2 is 2.06 bits per heavy atom. The van der Waals surface area contributed by atoms with Crippen molar-refractivity contribution in [3.05, 3.63) is 36.0 Å². The molecule has 3 nitrogen and oxygen atoms in total. The lowest BCUT2D eigenvalue weighted by Gasteiger charge is -2.19. The van der Waals surface area contributed by atoms with Gasteiger partial charge in [-0.15, -0.1) is 0 Å². The van der Waals surface area contributed by atoms with E-state index in [9.17, 15) is 4.79 Å². The number of carbonyl (C=O) groups excluding carboxylic acids is 1. The third kappa shape index (κ3) is 2.99. The van der Waals surface area contributed by atoms with E-state index in [-0.39, 0.29) is 5.60 Å². The smallest absolute Gasteiger partial charge is 0.150 e. The summed E-state index contributed by atoms with van der Waals surface area (Å²) in [5.74, 6) is 0. The fourth-order valence-electron chi connectivity index (χ4n) is 1.92. The first-order valence-corrected chi connectivity index (χ1v) is 6.18. The third-order valence-electron chi connectivity index (χ3n) is 2.80. The van der Waals surface area contributed by atoms with E-state index in [2.05, 4.69) is 10.6 Å². The second kappa shape index (κ2) is 4.94. The van der Waals surface area contributed by atoms with Crippen molar-refractivity contribution >= 4 is 17.2 Å². The van der Waals surface area contributed by atoms with Crippen LogP contribution in [-0.4, -0.2) is 23.1 Å². The first kappa shape index (κ1) is 12.8. The molecule has 0 amide bonds. The fourth-order valence-corrected chi connectivity index (χ4v) is 1.92. The van der Waals surface area contributed by atoms with Gasteiger partial charge in [-0.2, -0.15) is 0 Å². The summed E-state index contributed by atoms with van der Waals surface area (Å²) in [5, 5.41) is 1.15. The monoisotopic (exact) mass is 245 g/mol. The third-order valence-corrected chi connectivity index (χ3v) is 2.80. The molecule has 0 saturated carbocycles. The molecule has 0 aliphatic carbocycles. The van der Waals surface area contributed by atoms with Gasteiger partial charge in [0.2, 0.25) is 0 Å². The van der Waals surface area contributed by atoms with Crippen molar-refractivity contribution < 1.29 is 9.53 Å². The molecular formula is C15H19NO2. The molecule has 18 heavy (non-hydrogen) atoms. The van der Waals surface area contributed by atoms with Crippen molar-refractivity contribution in [1.29, 1.82) is 0 Å². The lowest BCUT2D eigenvalue weighted by molar-refractivity contribution is -0.00644. The van der Waals surface area contributed by atoms with Gasteiger partial charge in [0, 0.05) is 23.8 Å². The highest BCUT2D eigenvalue weighted by atomic mass is 16.5. The summed E-state index contributed by atoms with van der Waals surface area (Å²) in [5.41, 5.74) is 1.67. The number of ether oxygens (including phenoxy) is 1. The van der Waals surface area contributed by atoms with Crippen LogP contribution in [0.1, 0.15) is 31.1 Å². The zero-order valence-corrected chi connectivity index (χ0v) is 11.1. The Morgan fingerprint density at radius 3 is 2.72 bits per heavy atom. The highest BCUT2D eigenvalue weighted by molar-refractivity contribution is 5.87. The molecule has 2 rings (SSSR count). The molecular weight excluding hydrogens is 226 g/mol. The zero-order chi connectivity index (χ0) is 13.2. The van der Waals surface area contributed by atoms with E-state index in [4.69, 9.17) is 4.74 Å². The zero-order valence-electron chi connectivity index (χ0n) is 11.1. The maximum atomic E-state index is 10.8. The molecule has 0 atom stereocenters. The molecule has 0 aliphatic heterocycles. The van der Waals surface area contributed by atoms with Gasteiger partial charge in [-0.1, -0.05) is 12.1 Å². The number of rotatable bonds is 4. The summed E-state index contributed by atoms with van der Waals surface area (Å²) in [6.45, 7) is 7.60. The SMILES string of the molecule is CC(C)(C)OCCn1ccc2ccc(C=O)cc21. The van der Waals surface area contributed by atoms with E-state index in [1.54, 1.807) is 0 Å². The topological polar surface area (TPSA) is 31.2 Å². The van der Waals surface area contributed by atoms with E-state index in [0.717, 1.165) is 23.7 Å². The van der Waals surface area contributed by atoms with Gasteiger partial charge in [0.05, 0.1) is 12.2 Å². The second-order valence-corrected chi connectivity index (χ2v) is 5.41. The van der Waals surface area contributed by atoms with Crippen molar-refractivity contribution in [2.24, 2.45) is 0 Å². The van der Waals surface area contributed by atoms with Gasteiger partial charge < -0.3 is 9.30 Å². The number of fused-ring (bicyclic) bond motifs is 1. The van der Waals surface area contributed by atoms with Crippen LogP contribution in [0.15, 0.2) is 30.5 Å². The highest BCUT2D eigenvalue weighted by Crippen LogP contribution is 2.17. The number of aldehydes is 1. The van der Waals surface area contributed by atoms with Crippen LogP contribution < -0.4 is 0 Å². The van der Waals surface area contributed by atoms with Crippen molar-refractivity contribution in [1.82, 2.24) is 4.57 Å². The van der Waals surface area contributed by atoms with Gasteiger partial charge in [-0.25, -0.2) is 0 Å². The maximum absolute atomic E-state index is 10.8. The van der Waals surface area contributed by atoms with E-state index in [0.29, 0.717) is 12.2 Å². The van der Waals surface area contributed by atoms with Crippen LogP contribution in [0.3, 0.4) is 0 Å². The fraction of sp³-hybridized carbons (Fsp3) is 0.400. The van der Waals surface area contributed by atoms with E-state index < -0.39 is 0 Å². The molecule has 0 spiro atoms. The molecule has 0 fully saturated rings. The van der Waals surface area contributed by atoms with Crippen molar-refractivity contribution in [2.75, 3.05) is 6.61 Å². The van der Waals surface area contributed by atoms with Crippen LogP contribution in [0.2, 0.25) is 0 Å². The van der Waals surface area contributed by atoms with Crippen LogP contribution in [-0.2, 0) is 11.3 Å². The van der Waals surface area contributed by atoms with Crippen molar-refractivity contribution in [2.45, 2.75) is 32.9 Å². The Balaban J connectivity index is 2.15. The number of benzene rings is 1. The number of carbonyl (C=O) groups is 1. The Bertz CT molecular complexity index is 549. The number of aromatic nitrogens is 1. The van der Waals surface area contributed by atoms with Gasteiger partial charge >= 0.3 is 0 Å². The van der Waals surface area contributed by atoms with Crippen LogP contribution in [0.4, 0.5) is 0 Å². The predicted molar refractivity (Wildman–Crippen MR) is 73.0 cm³/mol. The lowest BCUT2D eigenvalue weighted by Crippen LogP contribution is -2.21. The summed E-state index contributed by atoms with van der Waals surface area (Å²) in [4.78, 5) is 10.8. The molecule has 0 radical (unpaired) electrons. The summed E-state index contributed by atoms with van der Waals surface area (Å²) in [7, 11) is 0. The minimum atomic E-state index is -0.114. The molecule has 0 bridgehead atoms. The Hall–Kier alpha value is -1.61. The van der Waals surface area contributed by atoms with Gasteiger partial charge in [0.15, 0.2) is 0 Å². The van der Waals surface area contributed by atoms with E-state index in [1.165, 1.54) is 0 Å². The average molecular weight is 245 g/mol. The molecule has 96 valence electrons.